The highest BCUT2D eigenvalue weighted by Crippen LogP contribution is 2.25. The average Bonchev–Trinajstić information content (AvgIpc) is 3.15. The zero-order valence-corrected chi connectivity index (χ0v) is 17.8. The van der Waals surface area contributed by atoms with Gasteiger partial charge < -0.3 is 15.0 Å². The summed E-state index contributed by atoms with van der Waals surface area (Å²) in [5, 5.41) is 3.74. The maximum atomic E-state index is 12.7. The number of carbonyl (C=O) groups is 3. The van der Waals surface area contributed by atoms with Crippen LogP contribution in [0.3, 0.4) is 0 Å². The fourth-order valence-corrected chi connectivity index (χ4v) is 4.49. The quantitative estimate of drug-likeness (QED) is 0.710. The lowest BCUT2D eigenvalue weighted by Crippen LogP contribution is -2.48. The monoisotopic (exact) mass is 441 g/mol. The van der Waals surface area contributed by atoms with E-state index >= 15 is 0 Å². The zero-order chi connectivity index (χ0) is 21.0. The van der Waals surface area contributed by atoms with Gasteiger partial charge in [-0.05, 0) is 50.4 Å². The van der Waals surface area contributed by atoms with Gasteiger partial charge in [-0.3, -0.25) is 19.3 Å². The van der Waals surface area contributed by atoms with Gasteiger partial charge in [0.1, 0.15) is 0 Å². The topological polar surface area (TPSA) is 79.0 Å². The number of rotatable bonds is 5. The summed E-state index contributed by atoms with van der Waals surface area (Å²) in [5.41, 5.74) is 0.538. The number of hydrogen-bond acceptors (Lipinski definition) is 5. The minimum Gasteiger partial charge on any atom is -0.469 e. The number of anilines is 1. The Bertz CT molecular complexity index is 761. The van der Waals surface area contributed by atoms with Crippen LogP contribution in [-0.2, 0) is 19.1 Å². The van der Waals surface area contributed by atoms with Gasteiger partial charge in [0.15, 0.2) is 0 Å². The van der Waals surface area contributed by atoms with Crippen LogP contribution in [0.1, 0.15) is 25.7 Å². The number of likely N-dealkylation sites (tertiary alicyclic amines) is 2. The van der Waals surface area contributed by atoms with E-state index in [0.29, 0.717) is 54.6 Å². The lowest BCUT2D eigenvalue weighted by molar-refractivity contribution is -0.149. The molecule has 2 fully saturated rings. The number of esters is 1. The molecule has 2 amide bonds. The van der Waals surface area contributed by atoms with Crippen molar-refractivity contribution in [1.82, 2.24) is 9.80 Å². The number of nitrogens with zero attached hydrogens (tertiary/aromatic N) is 2. The number of piperidine rings is 1. The van der Waals surface area contributed by atoms with E-state index in [1.165, 1.54) is 7.11 Å². The van der Waals surface area contributed by atoms with Gasteiger partial charge in [-0.1, -0.05) is 23.2 Å². The number of carbonyl (C=O) groups excluding carboxylic acids is 3. The van der Waals surface area contributed by atoms with Crippen LogP contribution in [0.25, 0.3) is 0 Å². The highest BCUT2D eigenvalue weighted by atomic mass is 35.5. The average molecular weight is 442 g/mol. The first-order valence-electron chi connectivity index (χ1n) is 9.74. The summed E-state index contributed by atoms with van der Waals surface area (Å²) in [4.78, 5) is 40.8. The summed E-state index contributed by atoms with van der Waals surface area (Å²) < 4.78 is 4.79. The smallest absolute Gasteiger partial charge is 0.308 e. The minimum absolute atomic E-state index is 0.0150. The van der Waals surface area contributed by atoms with Crippen molar-refractivity contribution in [2.75, 3.05) is 38.6 Å². The third-order valence-electron chi connectivity index (χ3n) is 5.52. The van der Waals surface area contributed by atoms with Gasteiger partial charge in [0.2, 0.25) is 11.8 Å². The Morgan fingerprint density at radius 2 is 1.72 bits per heavy atom. The normalized spacial score (nSPS) is 20.5. The van der Waals surface area contributed by atoms with Gasteiger partial charge in [-0.15, -0.1) is 0 Å². The molecule has 0 bridgehead atoms. The summed E-state index contributed by atoms with van der Waals surface area (Å²) in [5.74, 6) is -0.537. The van der Waals surface area contributed by atoms with Crippen LogP contribution >= 0.6 is 23.2 Å². The van der Waals surface area contributed by atoms with Crippen LogP contribution in [0.15, 0.2) is 18.2 Å². The SMILES string of the molecule is COC(=O)C1CCN(C(=O)CN2CCCC2C(=O)Nc2cc(Cl)cc(Cl)c2)CC1. The number of halogens is 2. The third-order valence-corrected chi connectivity index (χ3v) is 5.95. The molecule has 3 rings (SSSR count). The van der Waals surface area contributed by atoms with E-state index < -0.39 is 0 Å². The Labute approximate surface area is 180 Å². The van der Waals surface area contributed by atoms with E-state index in [-0.39, 0.29) is 36.3 Å². The van der Waals surface area contributed by atoms with Gasteiger partial charge in [0.25, 0.3) is 0 Å². The summed E-state index contributed by atoms with van der Waals surface area (Å²) in [6.07, 6.45) is 2.76. The van der Waals surface area contributed by atoms with Crippen LogP contribution < -0.4 is 5.32 Å². The van der Waals surface area contributed by atoms with Crippen molar-refractivity contribution >= 4 is 46.7 Å². The molecule has 2 saturated heterocycles. The largest absolute Gasteiger partial charge is 0.469 e. The Morgan fingerprint density at radius 1 is 1.07 bits per heavy atom. The molecule has 0 radical (unpaired) electrons. The van der Waals surface area contributed by atoms with Crippen molar-refractivity contribution in [3.8, 4) is 0 Å². The first-order valence-corrected chi connectivity index (χ1v) is 10.5. The summed E-state index contributed by atoms with van der Waals surface area (Å²) in [7, 11) is 1.38. The molecule has 0 saturated carbocycles. The summed E-state index contributed by atoms with van der Waals surface area (Å²) in [6.45, 7) is 1.95. The van der Waals surface area contributed by atoms with E-state index in [4.69, 9.17) is 27.9 Å². The van der Waals surface area contributed by atoms with Crippen LogP contribution in [0.4, 0.5) is 5.69 Å². The van der Waals surface area contributed by atoms with Crippen LogP contribution in [-0.4, -0.2) is 66.9 Å². The first kappa shape index (κ1) is 21.9. The molecular weight excluding hydrogens is 417 g/mol. The second-order valence-electron chi connectivity index (χ2n) is 7.45. The number of hydrogen-bond donors (Lipinski definition) is 1. The molecule has 29 heavy (non-hydrogen) atoms. The molecule has 2 aliphatic rings. The number of ether oxygens (including phenoxy) is 1. The summed E-state index contributed by atoms with van der Waals surface area (Å²) >= 11 is 12.0. The maximum Gasteiger partial charge on any atom is 0.308 e. The Balaban J connectivity index is 1.54. The predicted molar refractivity (Wildman–Crippen MR) is 111 cm³/mol. The molecule has 158 valence electrons. The molecule has 9 heteroatoms. The van der Waals surface area contributed by atoms with Crippen LogP contribution in [0, 0.1) is 5.92 Å². The molecule has 1 unspecified atom stereocenters. The van der Waals surface area contributed by atoms with E-state index in [2.05, 4.69) is 5.32 Å². The Hall–Kier alpha value is -1.83. The van der Waals surface area contributed by atoms with Crippen molar-refractivity contribution in [2.24, 2.45) is 5.92 Å². The maximum absolute atomic E-state index is 12.7. The van der Waals surface area contributed by atoms with Crippen LogP contribution in [0.5, 0.6) is 0 Å². The Kier molecular flexibility index (Phi) is 7.38. The van der Waals surface area contributed by atoms with E-state index in [1.807, 2.05) is 4.90 Å². The highest BCUT2D eigenvalue weighted by Gasteiger charge is 2.34. The van der Waals surface area contributed by atoms with E-state index in [9.17, 15) is 14.4 Å². The minimum atomic E-state index is -0.371. The molecule has 2 heterocycles. The molecule has 0 spiro atoms. The van der Waals surface area contributed by atoms with Gasteiger partial charge >= 0.3 is 5.97 Å². The molecule has 1 atom stereocenters. The summed E-state index contributed by atoms with van der Waals surface area (Å²) in [6, 6.07) is 4.51. The molecule has 1 N–H and O–H groups in total. The van der Waals surface area contributed by atoms with Crippen molar-refractivity contribution in [2.45, 2.75) is 31.7 Å². The number of benzene rings is 1. The number of nitrogens with one attached hydrogen (secondary N) is 1. The van der Waals surface area contributed by atoms with Gasteiger partial charge in [-0.2, -0.15) is 0 Å². The first-order chi connectivity index (χ1) is 13.9. The van der Waals surface area contributed by atoms with Crippen LogP contribution in [0.2, 0.25) is 10.0 Å². The molecule has 0 aliphatic carbocycles. The lowest BCUT2D eigenvalue weighted by Gasteiger charge is -2.32. The molecule has 1 aromatic carbocycles. The van der Waals surface area contributed by atoms with Crippen molar-refractivity contribution < 1.29 is 19.1 Å². The third kappa shape index (κ3) is 5.62. The highest BCUT2D eigenvalue weighted by molar-refractivity contribution is 6.35. The molecule has 2 aliphatic heterocycles. The fourth-order valence-electron chi connectivity index (χ4n) is 3.97. The van der Waals surface area contributed by atoms with Gasteiger partial charge in [0, 0.05) is 28.8 Å². The Morgan fingerprint density at radius 3 is 2.34 bits per heavy atom. The number of methoxy groups -OCH3 is 1. The van der Waals surface area contributed by atoms with Gasteiger partial charge in [-0.25, -0.2) is 0 Å². The van der Waals surface area contributed by atoms with E-state index in [1.54, 1.807) is 23.1 Å². The van der Waals surface area contributed by atoms with Crippen molar-refractivity contribution in [3.63, 3.8) is 0 Å². The second-order valence-corrected chi connectivity index (χ2v) is 8.33. The zero-order valence-electron chi connectivity index (χ0n) is 16.3. The molecule has 0 aromatic heterocycles. The predicted octanol–water partition coefficient (Wildman–Crippen LogP) is 2.81. The van der Waals surface area contributed by atoms with Crippen molar-refractivity contribution in [1.29, 1.82) is 0 Å². The second kappa shape index (κ2) is 9.78. The van der Waals surface area contributed by atoms with Crippen molar-refractivity contribution in [3.05, 3.63) is 28.2 Å². The lowest BCUT2D eigenvalue weighted by atomic mass is 9.97. The standard InChI is InChI=1S/C20H25Cl2N3O4/c1-29-20(28)13-4-7-24(8-5-13)18(26)12-25-6-2-3-17(25)19(27)23-16-10-14(21)9-15(22)11-16/h9-11,13,17H,2-8,12H2,1H3,(H,23,27). The van der Waals surface area contributed by atoms with Gasteiger partial charge in [0.05, 0.1) is 25.6 Å². The fraction of sp³-hybridized carbons (Fsp3) is 0.550. The van der Waals surface area contributed by atoms with E-state index in [0.717, 1.165) is 6.42 Å². The molecule has 7 nitrogen and oxygen atoms in total. The molecular formula is C20H25Cl2N3O4. The molecule has 1 aromatic rings. The number of amides is 2.